The molecule has 2 aromatic rings. The van der Waals surface area contributed by atoms with Crippen LogP contribution in [0.2, 0.25) is 0 Å². The smallest absolute Gasteiger partial charge is 0.416 e. The largest absolute Gasteiger partial charge is 0.447 e. The van der Waals surface area contributed by atoms with Crippen molar-refractivity contribution in [3.05, 3.63) is 70.8 Å². The molecular weight excluding hydrogens is 452 g/mol. The lowest BCUT2D eigenvalue weighted by molar-refractivity contribution is -0.143. The summed E-state index contributed by atoms with van der Waals surface area (Å²) in [6, 6.07) is 10.7. The predicted molar refractivity (Wildman–Crippen MR) is 105 cm³/mol. The zero-order chi connectivity index (χ0) is 24.1. The molecule has 1 saturated heterocycles. The molecule has 1 saturated carbocycles. The second-order valence-corrected chi connectivity index (χ2v) is 8.77. The number of carbonyl (C=O) groups is 1. The summed E-state index contributed by atoms with van der Waals surface area (Å²) in [6.07, 6.45) is -10.5. The fourth-order valence-corrected chi connectivity index (χ4v) is 4.70. The summed E-state index contributed by atoms with van der Waals surface area (Å²) in [4.78, 5) is 11.5. The quantitative estimate of drug-likeness (QED) is 0.541. The van der Waals surface area contributed by atoms with Gasteiger partial charge in [-0.25, -0.2) is 4.79 Å². The number of hydrogen-bond acceptors (Lipinski definition) is 3. The lowest BCUT2D eigenvalue weighted by Gasteiger charge is -2.53. The number of halogens is 6. The monoisotopic (exact) mass is 473 g/mol. The predicted octanol–water partition coefficient (Wildman–Crippen LogP) is 6.01. The second kappa shape index (κ2) is 7.93. The maximum Gasteiger partial charge on any atom is 0.416 e. The Labute approximate surface area is 185 Å². The average Bonchev–Trinajstić information content (AvgIpc) is 3.11. The van der Waals surface area contributed by atoms with Crippen molar-refractivity contribution < 1.29 is 40.6 Å². The van der Waals surface area contributed by atoms with Gasteiger partial charge >= 0.3 is 18.4 Å². The normalized spacial score (nSPS) is 26.0. The second-order valence-electron chi connectivity index (χ2n) is 8.77. The average molecular weight is 473 g/mol. The Hall–Kier alpha value is -2.75. The summed E-state index contributed by atoms with van der Waals surface area (Å²) in [5.74, 6) is 0. The van der Waals surface area contributed by atoms with Crippen LogP contribution in [0, 0.1) is 0 Å². The Bertz CT molecular complexity index is 996. The molecule has 1 heterocycles. The Morgan fingerprint density at radius 1 is 1.00 bits per heavy atom. The van der Waals surface area contributed by atoms with E-state index >= 15 is 0 Å². The first-order chi connectivity index (χ1) is 15.3. The first-order valence-corrected chi connectivity index (χ1v) is 10.2. The molecule has 0 radical (unpaired) electrons. The van der Waals surface area contributed by atoms with Crippen molar-refractivity contribution in [3.63, 3.8) is 0 Å². The number of cyclic esters (lactones) is 1. The summed E-state index contributed by atoms with van der Waals surface area (Å²) in [5, 5.41) is 2.79. The molecule has 2 fully saturated rings. The van der Waals surface area contributed by atoms with Crippen molar-refractivity contribution >= 4 is 6.09 Å². The standard InChI is InChI=1S/C23H21F6NO3/c1-14(15-7-17(22(24,25)26)9-18(8-15)23(27,28)29)32-12-20(16-5-3-2-4-6-16)10-21(11-20)13-33-19(31)30-21/h2-9,14H,10-13H2,1H3,(H,30,31)/t14-,20?,21?/m1/s1. The van der Waals surface area contributed by atoms with Gasteiger partial charge in [0.15, 0.2) is 0 Å². The minimum absolute atomic E-state index is 0.0490. The van der Waals surface area contributed by atoms with Gasteiger partial charge in [-0.15, -0.1) is 0 Å². The first-order valence-electron chi connectivity index (χ1n) is 10.2. The number of rotatable bonds is 5. The molecule has 4 nitrogen and oxygen atoms in total. The van der Waals surface area contributed by atoms with Crippen LogP contribution in [0.25, 0.3) is 0 Å². The number of alkyl carbamates (subject to hydrolysis) is 1. The van der Waals surface area contributed by atoms with E-state index in [0.717, 1.165) is 5.56 Å². The van der Waals surface area contributed by atoms with Crippen molar-refractivity contribution in [1.82, 2.24) is 5.32 Å². The third-order valence-corrected chi connectivity index (χ3v) is 6.28. The van der Waals surface area contributed by atoms with Crippen molar-refractivity contribution in [3.8, 4) is 0 Å². The van der Waals surface area contributed by atoms with Crippen LogP contribution in [-0.4, -0.2) is 24.8 Å². The molecule has 1 spiro atoms. The van der Waals surface area contributed by atoms with Gasteiger partial charge in [0.05, 0.1) is 29.4 Å². The molecule has 1 amide bonds. The topological polar surface area (TPSA) is 47.6 Å². The van der Waals surface area contributed by atoms with Crippen LogP contribution in [-0.2, 0) is 27.2 Å². The Morgan fingerprint density at radius 2 is 1.58 bits per heavy atom. The summed E-state index contributed by atoms with van der Waals surface area (Å²) >= 11 is 0. The van der Waals surface area contributed by atoms with Gasteiger partial charge in [0.2, 0.25) is 0 Å². The molecule has 1 atom stereocenters. The van der Waals surface area contributed by atoms with Crippen molar-refractivity contribution in [2.45, 2.75) is 49.2 Å². The highest BCUT2D eigenvalue weighted by Gasteiger charge is 2.59. The van der Waals surface area contributed by atoms with Crippen LogP contribution in [0.4, 0.5) is 31.1 Å². The van der Waals surface area contributed by atoms with Gasteiger partial charge in [0.25, 0.3) is 0 Å². The SMILES string of the molecule is C[C@@H](OCC1(c2ccccc2)CC2(COC(=O)N2)C1)c1cc(C(F)(F)F)cc(C(F)(F)F)c1. The van der Waals surface area contributed by atoms with E-state index in [2.05, 4.69) is 5.32 Å². The Morgan fingerprint density at radius 3 is 2.06 bits per heavy atom. The molecule has 178 valence electrons. The van der Waals surface area contributed by atoms with E-state index in [1.54, 1.807) is 0 Å². The van der Waals surface area contributed by atoms with E-state index in [1.165, 1.54) is 6.92 Å². The van der Waals surface area contributed by atoms with Crippen molar-refractivity contribution in [1.29, 1.82) is 0 Å². The maximum absolute atomic E-state index is 13.2. The molecule has 4 rings (SSSR count). The van der Waals surface area contributed by atoms with Crippen LogP contribution >= 0.6 is 0 Å². The first kappa shape index (κ1) is 23.4. The maximum atomic E-state index is 13.2. The Kier molecular flexibility index (Phi) is 5.63. The number of alkyl halides is 6. The van der Waals surface area contributed by atoms with Gasteiger partial charge in [-0.2, -0.15) is 26.3 Å². The molecule has 2 aliphatic rings. The van der Waals surface area contributed by atoms with E-state index in [0.29, 0.717) is 25.0 Å². The molecule has 0 unspecified atom stereocenters. The van der Waals surface area contributed by atoms with E-state index in [9.17, 15) is 31.1 Å². The molecular formula is C23H21F6NO3. The molecule has 2 aromatic carbocycles. The third kappa shape index (κ3) is 4.66. The van der Waals surface area contributed by atoms with Crippen molar-refractivity contribution in [2.75, 3.05) is 13.2 Å². The van der Waals surface area contributed by atoms with Crippen LogP contribution in [0.3, 0.4) is 0 Å². The summed E-state index contributed by atoms with van der Waals surface area (Å²) in [6.45, 7) is 1.66. The van der Waals surface area contributed by atoms with E-state index in [4.69, 9.17) is 9.47 Å². The van der Waals surface area contributed by atoms with E-state index in [-0.39, 0.29) is 24.8 Å². The van der Waals surface area contributed by atoms with E-state index in [1.807, 2.05) is 30.3 Å². The van der Waals surface area contributed by atoms with Gasteiger partial charge in [-0.05, 0) is 49.1 Å². The lowest BCUT2D eigenvalue weighted by Crippen LogP contribution is -2.63. The summed E-state index contributed by atoms with van der Waals surface area (Å²) < 4.78 is 90.1. The third-order valence-electron chi connectivity index (χ3n) is 6.28. The number of benzene rings is 2. The van der Waals surface area contributed by atoms with Crippen LogP contribution in [0.15, 0.2) is 48.5 Å². The number of carbonyl (C=O) groups excluding carboxylic acids is 1. The summed E-state index contributed by atoms with van der Waals surface area (Å²) in [7, 11) is 0. The zero-order valence-electron chi connectivity index (χ0n) is 17.5. The molecule has 1 aliphatic carbocycles. The number of nitrogens with one attached hydrogen (secondary N) is 1. The van der Waals surface area contributed by atoms with Crippen LogP contribution in [0.1, 0.15) is 48.1 Å². The molecule has 33 heavy (non-hydrogen) atoms. The van der Waals surface area contributed by atoms with E-state index < -0.39 is 46.6 Å². The van der Waals surface area contributed by atoms with Gasteiger partial charge in [0, 0.05) is 5.41 Å². The number of hydrogen-bond donors (Lipinski definition) is 1. The van der Waals surface area contributed by atoms with Crippen molar-refractivity contribution in [2.24, 2.45) is 0 Å². The van der Waals surface area contributed by atoms with Crippen LogP contribution < -0.4 is 5.32 Å². The van der Waals surface area contributed by atoms with Gasteiger partial charge in [0.1, 0.15) is 6.61 Å². The fourth-order valence-electron chi connectivity index (χ4n) is 4.70. The zero-order valence-corrected chi connectivity index (χ0v) is 17.5. The minimum Gasteiger partial charge on any atom is -0.447 e. The molecule has 0 bridgehead atoms. The highest BCUT2D eigenvalue weighted by atomic mass is 19.4. The molecule has 1 aliphatic heterocycles. The van der Waals surface area contributed by atoms with Gasteiger partial charge < -0.3 is 14.8 Å². The molecule has 1 N–H and O–H groups in total. The fraction of sp³-hybridized carbons (Fsp3) is 0.435. The van der Waals surface area contributed by atoms with Crippen LogP contribution in [0.5, 0.6) is 0 Å². The molecule has 10 heteroatoms. The minimum atomic E-state index is -4.93. The highest BCUT2D eigenvalue weighted by Crippen LogP contribution is 2.52. The number of ether oxygens (including phenoxy) is 2. The highest BCUT2D eigenvalue weighted by molar-refractivity contribution is 5.71. The number of amides is 1. The summed E-state index contributed by atoms with van der Waals surface area (Å²) in [5.41, 5.74) is -3.19. The molecule has 0 aromatic heterocycles. The Balaban J connectivity index is 1.57. The lowest BCUT2D eigenvalue weighted by atomic mass is 9.55. The van der Waals surface area contributed by atoms with Gasteiger partial charge in [-0.3, -0.25) is 0 Å². The van der Waals surface area contributed by atoms with Gasteiger partial charge in [-0.1, -0.05) is 30.3 Å².